The molecule has 1 atom stereocenters. The molecule has 1 aliphatic carbocycles. The number of ketones is 1. The van der Waals surface area contributed by atoms with Crippen molar-refractivity contribution in [1.29, 1.82) is 0 Å². The number of hydrogen-bond acceptors (Lipinski definition) is 2. The van der Waals surface area contributed by atoms with Gasteiger partial charge < -0.3 is 5.32 Å². The summed E-state index contributed by atoms with van der Waals surface area (Å²) in [4.78, 5) is 23.1. The van der Waals surface area contributed by atoms with Gasteiger partial charge in [0.15, 0.2) is 0 Å². The maximum absolute atomic E-state index is 11.6. The van der Waals surface area contributed by atoms with E-state index in [4.69, 9.17) is 0 Å². The van der Waals surface area contributed by atoms with Crippen molar-refractivity contribution in [3.63, 3.8) is 0 Å². The average molecular weight is 225 g/mol. The topological polar surface area (TPSA) is 46.2 Å². The molecule has 3 heteroatoms. The molecule has 1 unspecified atom stereocenters. The third kappa shape index (κ3) is 4.77. The molecule has 1 saturated carbocycles. The Kier molecular flexibility index (Phi) is 4.51. The Labute approximate surface area is 98.0 Å². The summed E-state index contributed by atoms with van der Waals surface area (Å²) in [5.41, 5.74) is -0.173. The Balaban J connectivity index is 2.28. The fourth-order valence-electron chi connectivity index (χ4n) is 2.15. The van der Waals surface area contributed by atoms with Crippen LogP contribution in [-0.2, 0) is 9.59 Å². The molecule has 1 amide bonds. The lowest BCUT2D eigenvalue weighted by Crippen LogP contribution is -2.40. The van der Waals surface area contributed by atoms with Gasteiger partial charge in [0.25, 0.3) is 0 Å². The lowest BCUT2D eigenvalue weighted by Gasteiger charge is -2.23. The molecule has 0 saturated heterocycles. The van der Waals surface area contributed by atoms with Crippen molar-refractivity contribution in [2.45, 2.75) is 64.8 Å². The fourth-order valence-corrected chi connectivity index (χ4v) is 2.15. The summed E-state index contributed by atoms with van der Waals surface area (Å²) in [5.74, 6) is 0.556. The minimum Gasteiger partial charge on any atom is -0.352 e. The number of carbonyl (C=O) groups is 2. The zero-order valence-corrected chi connectivity index (χ0v) is 10.6. The molecule has 92 valence electrons. The molecule has 3 nitrogen and oxygen atoms in total. The summed E-state index contributed by atoms with van der Waals surface area (Å²) in [6.45, 7) is 5.91. The average Bonchev–Trinajstić information content (AvgIpc) is 2.14. The zero-order valence-electron chi connectivity index (χ0n) is 10.6. The third-order valence-corrected chi connectivity index (χ3v) is 2.92. The van der Waals surface area contributed by atoms with Gasteiger partial charge in [-0.3, -0.25) is 9.59 Å². The van der Waals surface area contributed by atoms with Crippen LogP contribution in [-0.4, -0.2) is 17.2 Å². The van der Waals surface area contributed by atoms with Gasteiger partial charge in [-0.1, -0.05) is 6.42 Å². The minimum absolute atomic E-state index is 0.0610. The Morgan fingerprint density at radius 2 is 2.06 bits per heavy atom. The van der Waals surface area contributed by atoms with E-state index in [1.54, 1.807) is 0 Å². The van der Waals surface area contributed by atoms with Crippen molar-refractivity contribution < 1.29 is 9.59 Å². The molecule has 0 spiro atoms. The predicted octanol–water partition coefficient (Wildman–Crippen LogP) is 2.44. The molecule has 0 aromatic carbocycles. The summed E-state index contributed by atoms with van der Waals surface area (Å²) in [7, 11) is 0. The highest BCUT2D eigenvalue weighted by Crippen LogP contribution is 2.24. The second-order valence-electron chi connectivity index (χ2n) is 5.75. The molecule has 1 aliphatic rings. The van der Waals surface area contributed by atoms with Gasteiger partial charge >= 0.3 is 0 Å². The van der Waals surface area contributed by atoms with Gasteiger partial charge in [-0.25, -0.2) is 0 Å². The van der Waals surface area contributed by atoms with Crippen LogP contribution in [0.2, 0.25) is 0 Å². The Morgan fingerprint density at radius 1 is 1.38 bits per heavy atom. The highest BCUT2D eigenvalue weighted by Gasteiger charge is 2.23. The van der Waals surface area contributed by atoms with Crippen LogP contribution in [0.5, 0.6) is 0 Å². The molecule has 1 rings (SSSR count). The van der Waals surface area contributed by atoms with Crippen LogP contribution in [0.1, 0.15) is 59.3 Å². The van der Waals surface area contributed by atoms with Gasteiger partial charge in [-0.15, -0.1) is 0 Å². The van der Waals surface area contributed by atoms with Gasteiger partial charge in [0.1, 0.15) is 5.78 Å². The van der Waals surface area contributed by atoms with E-state index in [0.29, 0.717) is 18.6 Å². The van der Waals surface area contributed by atoms with Gasteiger partial charge in [0.2, 0.25) is 5.91 Å². The van der Waals surface area contributed by atoms with Crippen molar-refractivity contribution in [1.82, 2.24) is 5.32 Å². The van der Waals surface area contributed by atoms with Crippen molar-refractivity contribution in [3.8, 4) is 0 Å². The molecule has 0 aliphatic heterocycles. The van der Waals surface area contributed by atoms with E-state index < -0.39 is 0 Å². The van der Waals surface area contributed by atoms with Crippen molar-refractivity contribution in [2.75, 3.05) is 0 Å². The lowest BCUT2D eigenvalue weighted by molar-refractivity contribution is -0.126. The van der Waals surface area contributed by atoms with Crippen molar-refractivity contribution in [3.05, 3.63) is 0 Å². The van der Waals surface area contributed by atoms with Crippen LogP contribution in [0.25, 0.3) is 0 Å². The minimum atomic E-state index is -0.173. The van der Waals surface area contributed by atoms with E-state index >= 15 is 0 Å². The number of amides is 1. The normalized spacial score (nSPS) is 21.9. The number of nitrogens with one attached hydrogen (secondary N) is 1. The molecule has 0 radical (unpaired) electrons. The molecule has 0 heterocycles. The summed E-state index contributed by atoms with van der Waals surface area (Å²) in [5, 5.41) is 2.92. The first-order valence-corrected chi connectivity index (χ1v) is 6.22. The first-order chi connectivity index (χ1) is 7.38. The Hall–Kier alpha value is -0.860. The maximum atomic E-state index is 11.6. The van der Waals surface area contributed by atoms with Crippen LogP contribution in [0.15, 0.2) is 0 Å². The first-order valence-electron chi connectivity index (χ1n) is 6.22. The quantitative estimate of drug-likeness (QED) is 0.802. The van der Waals surface area contributed by atoms with Crippen molar-refractivity contribution >= 4 is 11.7 Å². The molecule has 0 bridgehead atoms. The second kappa shape index (κ2) is 5.46. The highest BCUT2D eigenvalue weighted by molar-refractivity contribution is 5.83. The Bertz CT molecular complexity index is 266. The third-order valence-electron chi connectivity index (χ3n) is 2.92. The van der Waals surface area contributed by atoms with Gasteiger partial charge in [0.05, 0.1) is 0 Å². The maximum Gasteiger partial charge on any atom is 0.220 e. The fraction of sp³-hybridized carbons (Fsp3) is 0.846. The predicted molar refractivity (Wildman–Crippen MR) is 64.1 cm³/mol. The van der Waals surface area contributed by atoms with Crippen LogP contribution in [0, 0.1) is 5.92 Å². The van der Waals surface area contributed by atoms with Crippen LogP contribution < -0.4 is 5.32 Å². The number of rotatable bonds is 3. The number of carbonyl (C=O) groups excluding carboxylic acids is 2. The Morgan fingerprint density at radius 3 is 2.62 bits per heavy atom. The van der Waals surface area contributed by atoms with Crippen LogP contribution in [0.3, 0.4) is 0 Å². The second-order valence-corrected chi connectivity index (χ2v) is 5.75. The summed E-state index contributed by atoms with van der Waals surface area (Å²) >= 11 is 0. The van der Waals surface area contributed by atoms with E-state index in [1.165, 1.54) is 0 Å². The SMILES string of the molecule is CC(C)(C)NC(=O)CCC1CCCCC1=O. The molecule has 0 aromatic rings. The van der Waals surface area contributed by atoms with E-state index in [9.17, 15) is 9.59 Å². The summed E-state index contributed by atoms with van der Waals surface area (Å²) in [6, 6.07) is 0. The summed E-state index contributed by atoms with van der Waals surface area (Å²) < 4.78 is 0. The molecule has 1 fully saturated rings. The lowest BCUT2D eigenvalue weighted by atomic mass is 9.85. The first kappa shape index (κ1) is 13.2. The van der Waals surface area contributed by atoms with Gasteiger partial charge in [-0.2, -0.15) is 0 Å². The molecule has 16 heavy (non-hydrogen) atoms. The van der Waals surface area contributed by atoms with E-state index in [-0.39, 0.29) is 17.4 Å². The van der Waals surface area contributed by atoms with E-state index in [2.05, 4.69) is 5.32 Å². The monoisotopic (exact) mass is 225 g/mol. The van der Waals surface area contributed by atoms with Crippen molar-refractivity contribution in [2.24, 2.45) is 5.92 Å². The molecule has 1 N–H and O–H groups in total. The zero-order chi connectivity index (χ0) is 12.2. The molecular weight excluding hydrogens is 202 g/mol. The molecular formula is C13H23NO2. The number of hydrogen-bond donors (Lipinski definition) is 1. The smallest absolute Gasteiger partial charge is 0.220 e. The van der Waals surface area contributed by atoms with Crippen LogP contribution in [0.4, 0.5) is 0 Å². The largest absolute Gasteiger partial charge is 0.352 e. The van der Waals surface area contributed by atoms with E-state index in [1.807, 2.05) is 20.8 Å². The summed E-state index contributed by atoms with van der Waals surface area (Å²) in [6.07, 6.45) is 5.06. The van der Waals surface area contributed by atoms with E-state index in [0.717, 1.165) is 25.7 Å². The standard InChI is InChI=1S/C13H23NO2/c1-13(2,3)14-12(16)9-8-10-6-4-5-7-11(10)15/h10H,4-9H2,1-3H3,(H,14,16). The van der Waals surface area contributed by atoms with Gasteiger partial charge in [0, 0.05) is 24.3 Å². The molecule has 0 aromatic heterocycles. The van der Waals surface area contributed by atoms with Gasteiger partial charge in [-0.05, 0) is 40.0 Å². The highest BCUT2D eigenvalue weighted by atomic mass is 16.1. The number of Topliss-reactive ketones (excluding diaryl/α,β-unsaturated/α-hetero) is 1. The van der Waals surface area contributed by atoms with Crippen LogP contribution >= 0.6 is 0 Å².